The molecule has 1 N–H and O–H groups in total. The Kier molecular flexibility index (Phi) is 4.78. The topological polar surface area (TPSA) is 47.0 Å². The lowest BCUT2D eigenvalue weighted by Gasteiger charge is -2.09. The van der Waals surface area contributed by atoms with Crippen LogP contribution in [0.25, 0.3) is 0 Å². The number of anilines is 1. The first-order valence-corrected chi connectivity index (χ1v) is 6.52. The second kappa shape index (κ2) is 6.56. The van der Waals surface area contributed by atoms with E-state index in [0.29, 0.717) is 19.0 Å². The minimum atomic E-state index is 0.213. The molecule has 0 atom stereocenters. The fourth-order valence-corrected chi connectivity index (χ4v) is 1.79. The van der Waals surface area contributed by atoms with E-state index >= 15 is 0 Å². The first-order chi connectivity index (χ1) is 8.75. The fraction of sp³-hybridized carbons (Fsp3) is 0.167. The predicted octanol–water partition coefficient (Wildman–Crippen LogP) is 3.38. The number of rotatable bonds is 5. The molecule has 1 aromatic heterocycles. The van der Waals surface area contributed by atoms with Crippen molar-refractivity contribution in [3.63, 3.8) is 0 Å². The number of para-hydroxylation sites is 1. The third-order valence-electron chi connectivity index (χ3n) is 2.12. The number of ether oxygens (including phenoxy) is 1. The maximum Gasteiger partial charge on any atom is 0.224 e. The highest BCUT2D eigenvalue weighted by Crippen LogP contribution is 2.19. The quantitative estimate of drug-likeness (QED) is 0.675. The van der Waals surface area contributed by atoms with E-state index in [1.165, 1.54) is 0 Å². The molecule has 4 nitrogen and oxygen atoms in total. The van der Waals surface area contributed by atoms with E-state index in [1.807, 2.05) is 30.3 Å². The van der Waals surface area contributed by atoms with E-state index in [4.69, 9.17) is 16.3 Å². The van der Waals surface area contributed by atoms with Gasteiger partial charge in [-0.2, -0.15) is 4.98 Å². The van der Waals surface area contributed by atoms with Gasteiger partial charge in [0.15, 0.2) is 0 Å². The van der Waals surface area contributed by atoms with Gasteiger partial charge in [0.25, 0.3) is 0 Å². The normalized spacial score (nSPS) is 10.1. The third kappa shape index (κ3) is 3.85. The van der Waals surface area contributed by atoms with E-state index in [1.54, 1.807) is 6.20 Å². The van der Waals surface area contributed by atoms with Crippen molar-refractivity contribution in [3.05, 3.63) is 46.3 Å². The molecule has 0 radical (unpaired) electrons. The molecule has 18 heavy (non-hydrogen) atoms. The zero-order valence-corrected chi connectivity index (χ0v) is 11.8. The van der Waals surface area contributed by atoms with E-state index in [9.17, 15) is 0 Å². The Morgan fingerprint density at radius 2 is 2.06 bits per heavy atom. The summed E-state index contributed by atoms with van der Waals surface area (Å²) in [4.78, 5) is 7.91. The third-order valence-corrected chi connectivity index (χ3v) is 2.88. The van der Waals surface area contributed by atoms with Crippen LogP contribution in [0.5, 0.6) is 5.75 Å². The van der Waals surface area contributed by atoms with E-state index in [2.05, 4.69) is 31.2 Å². The monoisotopic (exact) mass is 327 g/mol. The van der Waals surface area contributed by atoms with E-state index < -0.39 is 0 Å². The lowest BCUT2D eigenvalue weighted by molar-refractivity contribution is 0.332. The van der Waals surface area contributed by atoms with Crippen molar-refractivity contribution in [2.75, 3.05) is 18.5 Å². The lowest BCUT2D eigenvalue weighted by atomic mass is 10.3. The van der Waals surface area contributed by atoms with Gasteiger partial charge in [-0.3, -0.25) is 0 Å². The minimum absolute atomic E-state index is 0.213. The molecule has 0 bridgehead atoms. The number of halogens is 2. The van der Waals surface area contributed by atoms with Gasteiger partial charge in [-0.05, 0) is 39.7 Å². The van der Waals surface area contributed by atoms with Crippen LogP contribution in [-0.4, -0.2) is 23.1 Å². The maximum absolute atomic E-state index is 5.71. The molecule has 2 aromatic rings. The highest BCUT2D eigenvalue weighted by atomic mass is 79.9. The molecule has 0 fully saturated rings. The number of hydrogen-bond donors (Lipinski definition) is 1. The summed E-state index contributed by atoms with van der Waals surface area (Å²) in [7, 11) is 0. The molecule has 1 heterocycles. The van der Waals surface area contributed by atoms with Gasteiger partial charge >= 0.3 is 0 Å². The van der Waals surface area contributed by atoms with Gasteiger partial charge in [0, 0.05) is 6.20 Å². The smallest absolute Gasteiger partial charge is 0.224 e. The van der Waals surface area contributed by atoms with Crippen LogP contribution in [0.2, 0.25) is 5.28 Å². The number of hydrogen-bond acceptors (Lipinski definition) is 4. The van der Waals surface area contributed by atoms with Crippen LogP contribution >= 0.6 is 27.5 Å². The van der Waals surface area contributed by atoms with Crippen LogP contribution in [0.1, 0.15) is 0 Å². The van der Waals surface area contributed by atoms with Gasteiger partial charge in [0.05, 0.1) is 11.0 Å². The number of aromatic nitrogens is 2. The van der Waals surface area contributed by atoms with E-state index in [0.717, 1.165) is 10.2 Å². The minimum Gasteiger partial charge on any atom is -0.492 e. The molecule has 0 amide bonds. The van der Waals surface area contributed by atoms with Gasteiger partial charge in [0.2, 0.25) is 5.28 Å². The summed E-state index contributed by atoms with van der Waals surface area (Å²) >= 11 is 9.05. The second-order valence-corrected chi connectivity index (χ2v) is 4.62. The summed E-state index contributed by atoms with van der Waals surface area (Å²) in [6.07, 6.45) is 1.61. The standard InChI is InChI=1S/C12H11BrClN3O/c13-10-8-16-12(14)17-11(10)15-6-7-18-9-4-2-1-3-5-9/h1-5,8H,6-7H2,(H,15,16,17). The highest BCUT2D eigenvalue weighted by Gasteiger charge is 2.02. The summed E-state index contributed by atoms with van der Waals surface area (Å²) in [6, 6.07) is 9.65. The Morgan fingerprint density at radius 3 is 2.83 bits per heavy atom. The van der Waals surface area contributed by atoms with Crippen molar-refractivity contribution in [2.24, 2.45) is 0 Å². The molecular formula is C12H11BrClN3O. The maximum atomic E-state index is 5.71. The first kappa shape index (κ1) is 13.1. The van der Waals surface area contributed by atoms with Crippen molar-refractivity contribution < 1.29 is 4.74 Å². The summed E-state index contributed by atoms with van der Waals surface area (Å²) < 4.78 is 6.31. The first-order valence-electron chi connectivity index (χ1n) is 5.35. The SMILES string of the molecule is Clc1ncc(Br)c(NCCOc2ccccc2)n1. The van der Waals surface area contributed by atoms with Crippen molar-refractivity contribution in [2.45, 2.75) is 0 Å². The van der Waals surface area contributed by atoms with Crippen LogP contribution < -0.4 is 10.1 Å². The summed E-state index contributed by atoms with van der Waals surface area (Å²) in [5.74, 6) is 1.51. The fourth-order valence-electron chi connectivity index (χ4n) is 1.32. The zero-order valence-electron chi connectivity index (χ0n) is 9.44. The molecule has 0 aliphatic heterocycles. The molecule has 0 unspecified atom stereocenters. The number of nitrogens with zero attached hydrogens (tertiary/aromatic N) is 2. The van der Waals surface area contributed by atoms with Gasteiger partial charge in [0.1, 0.15) is 18.2 Å². The average molecular weight is 329 g/mol. The molecule has 0 spiro atoms. The van der Waals surface area contributed by atoms with E-state index in [-0.39, 0.29) is 5.28 Å². The summed E-state index contributed by atoms with van der Waals surface area (Å²) in [5, 5.41) is 3.33. The van der Waals surface area contributed by atoms with Gasteiger partial charge in [-0.25, -0.2) is 4.98 Å². The van der Waals surface area contributed by atoms with Crippen LogP contribution in [-0.2, 0) is 0 Å². The second-order valence-electron chi connectivity index (χ2n) is 3.42. The Bertz CT molecular complexity index is 510. The van der Waals surface area contributed by atoms with Gasteiger partial charge in [-0.15, -0.1) is 0 Å². The Labute approximate surface area is 118 Å². The van der Waals surface area contributed by atoms with Crippen molar-refractivity contribution in [1.82, 2.24) is 9.97 Å². The van der Waals surface area contributed by atoms with Crippen LogP contribution in [0, 0.1) is 0 Å². The molecule has 0 aliphatic rings. The molecule has 0 aliphatic carbocycles. The lowest BCUT2D eigenvalue weighted by Crippen LogP contribution is -2.12. The molecule has 0 saturated heterocycles. The van der Waals surface area contributed by atoms with Crippen LogP contribution in [0.15, 0.2) is 41.0 Å². The predicted molar refractivity (Wildman–Crippen MR) is 75.2 cm³/mol. The largest absolute Gasteiger partial charge is 0.492 e. The molecule has 6 heteroatoms. The Balaban J connectivity index is 1.80. The average Bonchev–Trinajstić information content (AvgIpc) is 2.40. The van der Waals surface area contributed by atoms with Gasteiger partial charge < -0.3 is 10.1 Å². The number of benzene rings is 1. The van der Waals surface area contributed by atoms with Crippen LogP contribution in [0.4, 0.5) is 5.82 Å². The van der Waals surface area contributed by atoms with Crippen molar-refractivity contribution >= 4 is 33.3 Å². The molecule has 2 rings (SSSR count). The summed E-state index contributed by atoms with van der Waals surface area (Å²) in [6.45, 7) is 1.17. The molecular weight excluding hydrogens is 318 g/mol. The zero-order chi connectivity index (χ0) is 12.8. The Hall–Kier alpha value is -1.33. The van der Waals surface area contributed by atoms with Gasteiger partial charge in [-0.1, -0.05) is 18.2 Å². The van der Waals surface area contributed by atoms with Crippen molar-refractivity contribution in [1.29, 1.82) is 0 Å². The molecule has 0 saturated carbocycles. The molecule has 94 valence electrons. The van der Waals surface area contributed by atoms with Crippen molar-refractivity contribution in [3.8, 4) is 5.75 Å². The van der Waals surface area contributed by atoms with Crippen LogP contribution in [0.3, 0.4) is 0 Å². The number of nitrogens with one attached hydrogen (secondary N) is 1. The Morgan fingerprint density at radius 1 is 1.28 bits per heavy atom. The highest BCUT2D eigenvalue weighted by molar-refractivity contribution is 9.10. The summed E-state index contributed by atoms with van der Waals surface area (Å²) in [5.41, 5.74) is 0. The molecule has 1 aromatic carbocycles.